The van der Waals surface area contributed by atoms with Gasteiger partial charge >= 0.3 is 0 Å². The fourth-order valence-electron chi connectivity index (χ4n) is 3.47. The largest absolute Gasteiger partial charge is 0.490 e. The Labute approximate surface area is 142 Å². The number of nitrogens with zero attached hydrogens (tertiary/aromatic N) is 3. The van der Waals surface area contributed by atoms with Crippen LogP contribution in [0.15, 0.2) is 18.5 Å². The molecular weight excluding hydrogens is 306 g/mol. The lowest BCUT2D eigenvalue weighted by Crippen LogP contribution is -2.44. The third-order valence-corrected chi connectivity index (χ3v) is 4.96. The Balaban J connectivity index is 1.51. The molecule has 2 aliphatic rings. The summed E-state index contributed by atoms with van der Waals surface area (Å²) in [5.41, 5.74) is 1.03. The summed E-state index contributed by atoms with van der Waals surface area (Å²) in [6.07, 6.45) is 5.67. The molecule has 3 heterocycles. The second-order valence-corrected chi connectivity index (χ2v) is 6.62. The van der Waals surface area contributed by atoms with Crippen molar-refractivity contribution in [2.45, 2.75) is 39.2 Å². The minimum absolute atomic E-state index is 0.0993. The van der Waals surface area contributed by atoms with Gasteiger partial charge in [-0.1, -0.05) is 0 Å². The van der Waals surface area contributed by atoms with Gasteiger partial charge in [-0.15, -0.1) is 0 Å². The molecule has 1 unspecified atom stereocenters. The van der Waals surface area contributed by atoms with Crippen LogP contribution >= 0.6 is 0 Å². The predicted octanol–water partition coefficient (Wildman–Crippen LogP) is 1.63. The van der Waals surface area contributed by atoms with Crippen LogP contribution in [0.25, 0.3) is 0 Å². The molecule has 0 N–H and O–H groups in total. The first-order valence-electron chi connectivity index (χ1n) is 8.72. The molecule has 2 aliphatic heterocycles. The van der Waals surface area contributed by atoms with Crippen molar-refractivity contribution in [3.63, 3.8) is 0 Å². The smallest absolute Gasteiger partial charge is 0.227 e. The number of hydrogen-bond acceptors (Lipinski definition) is 4. The highest BCUT2D eigenvalue weighted by molar-refractivity contribution is 5.89. The number of piperidine rings is 1. The molecule has 3 rings (SSSR count). The maximum Gasteiger partial charge on any atom is 0.227 e. The molecule has 1 atom stereocenters. The molecule has 1 aromatic heterocycles. The number of pyridine rings is 1. The molecule has 2 amide bonds. The quantitative estimate of drug-likeness (QED) is 0.841. The van der Waals surface area contributed by atoms with Crippen molar-refractivity contribution in [2.75, 3.05) is 26.2 Å². The maximum atomic E-state index is 12.6. The number of amides is 2. The third kappa shape index (κ3) is 3.52. The molecule has 6 heteroatoms. The number of aryl methyl sites for hydroxylation is 1. The van der Waals surface area contributed by atoms with Crippen LogP contribution in [0.2, 0.25) is 0 Å². The Morgan fingerprint density at radius 1 is 1.38 bits per heavy atom. The van der Waals surface area contributed by atoms with E-state index in [1.165, 1.54) is 0 Å². The molecule has 1 aromatic rings. The molecule has 2 saturated heterocycles. The maximum absolute atomic E-state index is 12.6. The highest BCUT2D eigenvalue weighted by Crippen LogP contribution is 2.24. The molecule has 0 saturated carbocycles. The number of ether oxygens (including phenoxy) is 1. The van der Waals surface area contributed by atoms with Gasteiger partial charge in [0.25, 0.3) is 0 Å². The zero-order chi connectivity index (χ0) is 17.1. The van der Waals surface area contributed by atoms with Gasteiger partial charge in [0.1, 0.15) is 11.9 Å². The zero-order valence-corrected chi connectivity index (χ0v) is 14.4. The van der Waals surface area contributed by atoms with Crippen molar-refractivity contribution < 1.29 is 14.3 Å². The van der Waals surface area contributed by atoms with E-state index in [-0.39, 0.29) is 23.8 Å². The van der Waals surface area contributed by atoms with Gasteiger partial charge in [-0.25, -0.2) is 0 Å². The highest BCUT2D eigenvalue weighted by atomic mass is 16.5. The summed E-state index contributed by atoms with van der Waals surface area (Å²) in [5, 5.41) is 0. The van der Waals surface area contributed by atoms with E-state index in [9.17, 15) is 9.59 Å². The van der Waals surface area contributed by atoms with Gasteiger partial charge in [0.15, 0.2) is 0 Å². The van der Waals surface area contributed by atoms with Crippen LogP contribution in [-0.2, 0) is 9.59 Å². The molecular formula is C18H25N3O3. The van der Waals surface area contributed by atoms with Crippen LogP contribution in [0.4, 0.5) is 0 Å². The first-order valence-corrected chi connectivity index (χ1v) is 8.72. The minimum atomic E-state index is -0.169. The van der Waals surface area contributed by atoms with E-state index < -0.39 is 0 Å². The summed E-state index contributed by atoms with van der Waals surface area (Å²) in [5.74, 6) is 0.923. The zero-order valence-electron chi connectivity index (χ0n) is 14.4. The van der Waals surface area contributed by atoms with Crippen LogP contribution in [0.1, 0.15) is 31.7 Å². The molecule has 2 fully saturated rings. The molecule has 0 aromatic carbocycles. The van der Waals surface area contributed by atoms with Crippen molar-refractivity contribution in [2.24, 2.45) is 5.92 Å². The lowest BCUT2D eigenvalue weighted by Gasteiger charge is -2.33. The summed E-state index contributed by atoms with van der Waals surface area (Å²) in [7, 11) is 0. The van der Waals surface area contributed by atoms with Gasteiger partial charge in [0.2, 0.25) is 11.8 Å². The Morgan fingerprint density at radius 2 is 2.12 bits per heavy atom. The number of rotatable bonds is 4. The van der Waals surface area contributed by atoms with Crippen molar-refractivity contribution >= 4 is 11.8 Å². The number of likely N-dealkylation sites (tertiary alicyclic amines) is 2. The molecule has 0 radical (unpaired) electrons. The molecule has 0 spiro atoms. The summed E-state index contributed by atoms with van der Waals surface area (Å²) in [6, 6.07) is 1.89. The van der Waals surface area contributed by atoms with E-state index in [0.717, 1.165) is 24.2 Å². The second-order valence-electron chi connectivity index (χ2n) is 6.62. The van der Waals surface area contributed by atoms with Crippen molar-refractivity contribution in [1.82, 2.24) is 14.8 Å². The minimum Gasteiger partial charge on any atom is -0.490 e. The molecule has 130 valence electrons. The topological polar surface area (TPSA) is 62.7 Å². The van der Waals surface area contributed by atoms with Crippen LogP contribution < -0.4 is 4.74 Å². The van der Waals surface area contributed by atoms with Gasteiger partial charge in [-0.2, -0.15) is 0 Å². The van der Waals surface area contributed by atoms with Crippen molar-refractivity contribution in [3.05, 3.63) is 24.0 Å². The van der Waals surface area contributed by atoms with E-state index >= 15 is 0 Å². The van der Waals surface area contributed by atoms with Gasteiger partial charge in [-0.05, 0) is 19.9 Å². The van der Waals surface area contributed by atoms with Crippen LogP contribution in [0.5, 0.6) is 5.75 Å². The number of carbonyl (C=O) groups is 2. The van der Waals surface area contributed by atoms with Gasteiger partial charge in [0.05, 0.1) is 5.92 Å². The predicted molar refractivity (Wildman–Crippen MR) is 89.6 cm³/mol. The summed E-state index contributed by atoms with van der Waals surface area (Å²) < 4.78 is 6.05. The molecule has 6 nitrogen and oxygen atoms in total. The SMILES string of the molecule is CCN1CC(C(=O)N2CCC(Oc3ccncc3C)CC2)CC1=O. The Bertz CT molecular complexity index is 611. The normalized spacial score (nSPS) is 22.1. The first kappa shape index (κ1) is 16.7. The fraction of sp³-hybridized carbons (Fsp3) is 0.611. The monoisotopic (exact) mass is 331 g/mol. The van der Waals surface area contributed by atoms with E-state index in [1.807, 2.05) is 24.8 Å². The molecule has 24 heavy (non-hydrogen) atoms. The van der Waals surface area contributed by atoms with E-state index in [4.69, 9.17) is 4.74 Å². The lowest BCUT2D eigenvalue weighted by molar-refractivity contribution is -0.137. The Kier molecular flexibility index (Phi) is 5.02. The van der Waals surface area contributed by atoms with Gasteiger partial charge in [0, 0.05) is 63.4 Å². The molecule has 0 aliphatic carbocycles. The number of carbonyl (C=O) groups excluding carboxylic acids is 2. The van der Waals surface area contributed by atoms with E-state index in [0.29, 0.717) is 32.6 Å². The van der Waals surface area contributed by atoms with Crippen LogP contribution in [0.3, 0.4) is 0 Å². The second kappa shape index (κ2) is 7.20. The molecule has 0 bridgehead atoms. The first-order chi connectivity index (χ1) is 11.6. The summed E-state index contributed by atoms with van der Waals surface area (Å²) in [4.78, 5) is 32.2. The third-order valence-electron chi connectivity index (χ3n) is 4.96. The highest BCUT2D eigenvalue weighted by Gasteiger charge is 2.36. The van der Waals surface area contributed by atoms with Gasteiger partial charge < -0.3 is 14.5 Å². The summed E-state index contributed by atoms with van der Waals surface area (Å²) >= 11 is 0. The van der Waals surface area contributed by atoms with Gasteiger partial charge in [-0.3, -0.25) is 14.6 Å². The van der Waals surface area contributed by atoms with Crippen LogP contribution in [-0.4, -0.2) is 58.9 Å². The van der Waals surface area contributed by atoms with Crippen molar-refractivity contribution in [1.29, 1.82) is 0 Å². The number of aromatic nitrogens is 1. The summed E-state index contributed by atoms with van der Waals surface area (Å²) in [6.45, 7) is 6.59. The fourth-order valence-corrected chi connectivity index (χ4v) is 3.47. The number of hydrogen-bond donors (Lipinski definition) is 0. The van der Waals surface area contributed by atoms with E-state index in [1.54, 1.807) is 17.3 Å². The van der Waals surface area contributed by atoms with E-state index in [2.05, 4.69) is 4.98 Å². The Morgan fingerprint density at radius 3 is 2.75 bits per heavy atom. The van der Waals surface area contributed by atoms with Crippen LogP contribution in [0, 0.1) is 12.8 Å². The Hall–Kier alpha value is -2.11. The average Bonchev–Trinajstić information content (AvgIpc) is 2.98. The van der Waals surface area contributed by atoms with Crippen molar-refractivity contribution in [3.8, 4) is 5.75 Å². The average molecular weight is 331 g/mol. The lowest BCUT2D eigenvalue weighted by atomic mass is 10.0. The standard InChI is InChI=1S/C18H25N3O3/c1-3-20-12-14(10-17(20)22)18(23)21-8-5-15(6-9-21)24-16-4-7-19-11-13(16)2/h4,7,11,14-15H,3,5-6,8-10,12H2,1-2H3.